The second-order valence-electron chi connectivity index (χ2n) is 3.74. The van der Waals surface area contributed by atoms with E-state index in [2.05, 4.69) is 29.1 Å². The maximum Gasteiger partial charge on any atom is 0.113 e. The molecule has 4 heteroatoms. The number of thiazole rings is 1. The number of hydrogen-bond acceptors (Lipinski definition) is 4. The number of nitrogens with one attached hydrogen (secondary N) is 1. The topological polar surface area (TPSA) is 37.8 Å². The Hall–Kier alpha value is -1.00. The molecule has 0 saturated carbocycles. The van der Waals surface area contributed by atoms with E-state index in [1.807, 2.05) is 13.1 Å². The first-order chi connectivity index (χ1) is 6.63. The molecule has 0 amide bonds. The lowest BCUT2D eigenvalue weighted by molar-refractivity contribution is 0.443. The minimum Gasteiger partial charge on any atom is -0.309 e. The molecule has 0 unspecified atom stereocenters. The van der Waals surface area contributed by atoms with Crippen LogP contribution in [0.1, 0.15) is 18.9 Å². The Morgan fingerprint density at radius 1 is 1.43 bits per heavy atom. The first kappa shape index (κ1) is 9.55. The molecule has 3 nitrogen and oxygen atoms in total. The Kier molecular flexibility index (Phi) is 2.25. The van der Waals surface area contributed by atoms with Gasteiger partial charge in [-0.25, -0.2) is 4.98 Å². The molecule has 0 fully saturated rings. The van der Waals surface area contributed by atoms with E-state index in [4.69, 9.17) is 0 Å². The van der Waals surface area contributed by atoms with Crippen molar-refractivity contribution in [3.05, 3.63) is 23.5 Å². The average molecular weight is 207 g/mol. The highest BCUT2D eigenvalue weighted by Crippen LogP contribution is 2.28. The van der Waals surface area contributed by atoms with E-state index in [0.29, 0.717) is 0 Å². The quantitative estimate of drug-likeness (QED) is 0.820. The van der Waals surface area contributed by atoms with Crippen LogP contribution in [0.15, 0.2) is 18.5 Å². The molecule has 0 aliphatic carbocycles. The highest BCUT2D eigenvalue weighted by atomic mass is 32.1. The molecule has 0 atom stereocenters. The fraction of sp³-hybridized carbons (Fsp3) is 0.400. The molecular formula is C10H13N3S. The van der Waals surface area contributed by atoms with E-state index in [1.54, 1.807) is 23.7 Å². The fourth-order valence-corrected chi connectivity index (χ4v) is 2.20. The highest BCUT2D eigenvalue weighted by Gasteiger charge is 2.22. The molecule has 0 aliphatic heterocycles. The lowest BCUT2D eigenvalue weighted by Gasteiger charge is -2.20. The monoisotopic (exact) mass is 207 g/mol. The summed E-state index contributed by atoms with van der Waals surface area (Å²) in [4.78, 5) is 8.61. The van der Waals surface area contributed by atoms with E-state index < -0.39 is 0 Å². The molecule has 2 heterocycles. The van der Waals surface area contributed by atoms with Crippen LogP contribution < -0.4 is 5.32 Å². The number of aromatic nitrogens is 2. The number of nitrogens with zero attached hydrogens (tertiary/aromatic N) is 2. The van der Waals surface area contributed by atoms with Crippen LogP contribution in [0, 0.1) is 0 Å². The van der Waals surface area contributed by atoms with Gasteiger partial charge in [-0.2, -0.15) is 0 Å². The van der Waals surface area contributed by atoms with E-state index in [-0.39, 0.29) is 5.54 Å². The molecule has 0 spiro atoms. The summed E-state index contributed by atoms with van der Waals surface area (Å²) in [5, 5.41) is 4.35. The van der Waals surface area contributed by atoms with E-state index in [9.17, 15) is 0 Å². The molecular weight excluding hydrogens is 194 g/mol. The zero-order chi connectivity index (χ0) is 10.2. The minimum absolute atomic E-state index is 0.0658. The van der Waals surface area contributed by atoms with Gasteiger partial charge >= 0.3 is 0 Å². The maximum atomic E-state index is 4.55. The SMILES string of the molecule is CNC(C)(C)c1nc2cnccc2s1. The number of fused-ring (bicyclic) bond motifs is 1. The average Bonchev–Trinajstić information content (AvgIpc) is 2.61. The molecule has 14 heavy (non-hydrogen) atoms. The van der Waals surface area contributed by atoms with E-state index in [1.165, 1.54) is 4.70 Å². The van der Waals surface area contributed by atoms with Gasteiger partial charge in [0.25, 0.3) is 0 Å². The van der Waals surface area contributed by atoms with E-state index >= 15 is 0 Å². The number of rotatable bonds is 2. The van der Waals surface area contributed by atoms with Crippen LogP contribution in [-0.2, 0) is 5.54 Å². The second-order valence-corrected chi connectivity index (χ2v) is 4.77. The molecule has 0 aromatic carbocycles. The van der Waals surface area contributed by atoms with Gasteiger partial charge in [-0.05, 0) is 27.0 Å². The molecule has 0 bridgehead atoms. The molecule has 2 aromatic heterocycles. The normalized spacial score (nSPS) is 12.2. The third-order valence-electron chi connectivity index (χ3n) is 2.35. The Bertz CT molecular complexity index is 414. The van der Waals surface area contributed by atoms with Crippen LogP contribution in [0.5, 0.6) is 0 Å². The predicted molar refractivity (Wildman–Crippen MR) is 59.5 cm³/mol. The van der Waals surface area contributed by atoms with Crippen molar-refractivity contribution in [2.75, 3.05) is 7.05 Å². The zero-order valence-electron chi connectivity index (χ0n) is 8.53. The van der Waals surface area contributed by atoms with Crippen LogP contribution in [0.3, 0.4) is 0 Å². The largest absolute Gasteiger partial charge is 0.309 e. The van der Waals surface area contributed by atoms with Gasteiger partial charge < -0.3 is 5.32 Å². The second kappa shape index (κ2) is 3.29. The van der Waals surface area contributed by atoms with Crippen molar-refractivity contribution in [1.82, 2.24) is 15.3 Å². The third kappa shape index (κ3) is 1.51. The van der Waals surface area contributed by atoms with Crippen LogP contribution in [0.25, 0.3) is 10.2 Å². The van der Waals surface area contributed by atoms with Crippen molar-refractivity contribution < 1.29 is 0 Å². The smallest absolute Gasteiger partial charge is 0.113 e. The summed E-state index contributed by atoms with van der Waals surface area (Å²) in [6.45, 7) is 4.25. The van der Waals surface area contributed by atoms with Gasteiger partial charge in [-0.1, -0.05) is 0 Å². The van der Waals surface area contributed by atoms with Crippen molar-refractivity contribution >= 4 is 21.6 Å². The molecule has 1 N–H and O–H groups in total. The first-order valence-electron chi connectivity index (χ1n) is 4.53. The van der Waals surface area contributed by atoms with Gasteiger partial charge in [0.15, 0.2) is 0 Å². The third-order valence-corrected chi connectivity index (χ3v) is 3.71. The highest BCUT2D eigenvalue weighted by molar-refractivity contribution is 7.18. The lowest BCUT2D eigenvalue weighted by Crippen LogP contribution is -2.32. The van der Waals surface area contributed by atoms with Gasteiger partial charge in [0.1, 0.15) is 5.01 Å². The Balaban J connectivity index is 2.55. The van der Waals surface area contributed by atoms with Crippen LogP contribution in [-0.4, -0.2) is 17.0 Å². The van der Waals surface area contributed by atoms with Crippen molar-refractivity contribution in [2.24, 2.45) is 0 Å². The molecule has 2 aromatic rings. The Labute approximate surface area is 87.2 Å². The Morgan fingerprint density at radius 2 is 2.21 bits per heavy atom. The van der Waals surface area contributed by atoms with Crippen molar-refractivity contribution in [3.63, 3.8) is 0 Å². The molecule has 0 radical (unpaired) electrons. The van der Waals surface area contributed by atoms with Gasteiger partial charge in [0, 0.05) is 6.20 Å². The predicted octanol–water partition coefficient (Wildman–Crippen LogP) is 2.15. The zero-order valence-corrected chi connectivity index (χ0v) is 9.35. The van der Waals surface area contributed by atoms with E-state index in [0.717, 1.165) is 10.5 Å². The fourth-order valence-electron chi connectivity index (χ4n) is 1.15. The van der Waals surface area contributed by atoms with Gasteiger partial charge in [0.05, 0.1) is 22.0 Å². The summed E-state index contributed by atoms with van der Waals surface area (Å²) >= 11 is 1.72. The summed E-state index contributed by atoms with van der Waals surface area (Å²) in [7, 11) is 1.95. The van der Waals surface area contributed by atoms with Crippen LogP contribution in [0.4, 0.5) is 0 Å². The summed E-state index contributed by atoms with van der Waals surface area (Å²) in [6, 6.07) is 2.00. The van der Waals surface area contributed by atoms with Crippen molar-refractivity contribution in [3.8, 4) is 0 Å². The molecule has 74 valence electrons. The summed E-state index contributed by atoms with van der Waals surface area (Å²) < 4.78 is 1.19. The summed E-state index contributed by atoms with van der Waals surface area (Å²) in [5.74, 6) is 0. The van der Waals surface area contributed by atoms with Crippen LogP contribution in [0.2, 0.25) is 0 Å². The molecule has 0 aliphatic rings. The standard InChI is InChI=1S/C10H13N3S/c1-10(2,11-3)9-13-7-6-12-5-4-8(7)14-9/h4-6,11H,1-3H3. The van der Waals surface area contributed by atoms with Crippen molar-refractivity contribution in [2.45, 2.75) is 19.4 Å². The maximum absolute atomic E-state index is 4.55. The molecule has 2 rings (SSSR count). The van der Waals surface area contributed by atoms with Gasteiger partial charge in [-0.3, -0.25) is 4.98 Å². The van der Waals surface area contributed by atoms with Crippen molar-refractivity contribution in [1.29, 1.82) is 0 Å². The van der Waals surface area contributed by atoms with Gasteiger partial charge in [-0.15, -0.1) is 11.3 Å². The number of pyridine rings is 1. The molecule has 0 saturated heterocycles. The number of hydrogen-bond donors (Lipinski definition) is 1. The Morgan fingerprint density at radius 3 is 2.86 bits per heavy atom. The minimum atomic E-state index is -0.0658. The van der Waals surface area contributed by atoms with Crippen LogP contribution >= 0.6 is 11.3 Å². The van der Waals surface area contributed by atoms with Gasteiger partial charge in [0.2, 0.25) is 0 Å². The first-order valence-corrected chi connectivity index (χ1v) is 5.35. The summed E-state index contributed by atoms with van der Waals surface area (Å²) in [6.07, 6.45) is 3.61. The lowest BCUT2D eigenvalue weighted by atomic mass is 10.1. The summed E-state index contributed by atoms with van der Waals surface area (Å²) in [5.41, 5.74) is 0.916.